The van der Waals surface area contributed by atoms with Gasteiger partial charge in [0, 0.05) is 0 Å². The molecule has 6 aromatic rings. The van der Waals surface area contributed by atoms with Crippen molar-refractivity contribution in [3.05, 3.63) is 140 Å². The van der Waals surface area contributed by atoms with E-state index in [0.29, 0.717) is 8.87 Å². The summed E-state index contributed by atoms with van der Waals surface area (Å²) < 4.78 is 16.7. The van der Waals surface area contributed by atoms with Crippen LogP contribution in [-0.4, -0.2) is 68.2 Å². The van der Waals surface area contributed by atoms with Crippen LogP contribution in [0.25, 0.3) is 44.5 Å². The number of esters is 3. The van der Waals surface area contributed by atoms with E-state index >= 15 is 0 Å². The Bertz CT molecular complexity index is 1860. The minimum absolute atomic E-state index is 0.00342. The summed E-state index contributed by atoms with van der Waals surface area (Å²) in [5.74, 6) is -1.05. The molecule has 0 N–H and O–H groups in total. The predicted octanol–water partition coefficient (Wildman–Crippen LogP) is 7.52. The normalized spacial score (nSPS) is 10.3. The molecule has 0 amide bonds. The average Bonchev–Trinajstić information content (AvgIpc) is 3.76. The van der Waals surface area contributed by atoms with Gasteiger partial charge in [-0.15, -0.1) is 0 Å². The van der Waals surface area contributed by atoms with E-state index in [0.717, 1.165) is 48.9 Å². The van der Waals surface area contributed by atoms with Crippen LogP contribution < -0.4 is 0 Å². The fourth-order valence-electron chi connectivity index (χ4n) is 4.99. The van der Waals surface area contributed by atoms with E-state index in [2.05, 4.69) is 17.1 Å². The van der Waals surface area contributed by atoms with Crippen molar-refractivity contribution in [1.29, 1.82) is 0 Å². The molecule has 8 heteroatoms. The second-order valence-corrected chi connectivity index (χ2v) is 13.8. The Morgan fingerprint density at radius 2 is 0.761 bits per heavy atom. The minimum atomic E-state index is -0.490. The molecule has 0 aliphatic carbocycles. The first-order valence-corrected chi connectivity index (χ1v) is 17.8. The Morgan fingerprint density at radius 3 is 1.13 bits per heavy atom. The maximum absolute atomic E-state index is 12.4. The van der Waals surface area contributed by atoms with Crippen LogP contribution >= 0.6 is 0 Å². The van der Waals surface area contributed by atoms with Crippen LogP contribution in [0.4, 0.5) is 0 Å². The van der Waals surface area contributed by atoms with Gasteiger partial charge in [-0.25, -0.2) is 0 Å². The first-order valence-electron chi connectivity index (χ1n) is 14.2. The number of hydrogen-bond acceptors (Lipinski definition) is 6. The van der Waals surface area contributed by atoms with Crippen molar-refractivity contribution in [2.45, 2.75) is 0 Å². The molecule has 0 aliphatic rings. The Morgan fingerprint density at radius 1 is 0.435 bits per heavy atom. The van der Waals surface area contributed by atoms with Gasteiger partial charge in [0.25, 0.3) is 0 Å². The van der Waals surface area contributed by atoms with Gasteiger partial charge >= 0.3 is 281 Å². The monoisotopic (exact) mass is 742 g/mol. The number of carbonyl (C=O) groups is 3. The Labute approximate surface area is 279 Å². The molecule has 4 aromatic carbocycles. The van der Waals surface area contributed by atoms with Gasteiger partial charge in [-0.1, -0.05) is 0 Å². The number of benzene rings is 4. The van der Waals surface area contributed by atoms with Crippen molar-refractivity contribution >= 4 is 46.9 Å². The standard InChI is InChI=1S/C20H16O4Se.C18H14O2Se/c1-23-19(21)17-15(13-9-5-3-6-10-13)16(14-11-7-4-8-12-14)18(25-17)20(22)24-2;1-20-18(19)17-16(14-10-6-3-7-11-14)15(12-21-17)13-8-4-2-5-9-13/h3-12H,1-2H3;2-12H,1H3. The molecule has 0 unspecified atom stereocenters. The van der Waals surface area contributed by atoms with Crippen LogP contribution in [0.2, 0.25) is 0 Å². The van der Waals surface area contributed by atoms with Gasteiger partial charge < -0.3 is 0 Å². The molecule has 0 bridgehead atoms. The van der Waals surface area contributed by atoms with Gasteiger partial charge in [0.2, 0.25) is 0 Å². The molecule has 2 heterocycles. The summed E-state index contributed by atoms with van der Waals surface area (Å²) in [6.07, 6.45) is 0. The van der Waals surface area contributed by atoms with Gasteiger partial charge in [0.1, 0.15) is 0 Å². The van der Waals surface area contributed by atoms with Crippen LogP contribution in [0.3, 0.4) is 0 Å². The van der Waals surface area contributed by atoms with Crippen LogP contribution in [0, 0.1) is 0 Å². The van der Waals surface area contributed by atoms with Crippen LogP contribution in [0.15, 0.2) is 126 Å². The fourth-order valence-corrected chi connectivity index (χ4v) is 9.59. The van der Waals surface area contributed by atoms with Crippen molar-refractivity contribution in [3.8, 4) is 44.5 Å². The number of methoxy groups -OCH3 is 3. The van der Waals surface area contributed by atoms with Gasteiger partial charge in [-0.3, -0.25) is 0 Å². The van der Waals surface area contributed by atoms with Crippen LogP contribution in [0.5, 0.6) is 0 Å². The van der Waals surface area contributed by atoms with E-state index < -0.39 is 26.4 Å². The first kappa shape index (κ1) is 32.7. The Kier molecular flexibility index (Phi) is 11.0. The molecular weight excluding hydrogens is 710 g/mol. The molecule has 0 fully saturated rings. The van der Waals surface area contributed by atoms with Gasteiger partial charge in [-0.05, 0) is 0 Å². The molecule has 0 saturated heterocycles. The summed E-state index contributed by atoms with van der Waals surface area (Å²) in [6.45, 7) is 0. The summed E-state index contributed by atoms with van der Waals surface area (Å²) in [4.78, 5) is 39.0. The number of rotatable bonds is 7. The average molecular weight is 741 g/mol. The van der Waals surface area contributed by atoms with E-state index in [4.69, 9.17) is 14.2 Å². The van der Waals surface area contributed by atoms with Crippen LogP contribution in [-0.2, 0) is 14.2 Å². The molecule has 0 saturated carbocycles. The van der Waals surface area contributed by atoms with Crippen molar-refractivity contribution < 1.29 is 28.6 Å². The first-order chi connectivity index (χ1) is 22.5. The summed E-state index contributed by atoms with van der Waals surface area (Å²) in [6, 6.07) is 39.4. The van der Waals surface area contributed by atoms with Crippen molar-refractivity contribution in [2.75, 3.05) is 21.3 Å². The second kappa shape index (κ2) is 15.5. The zero-order chi connectivity index (χ0) is 32.5. The fraction of sp³-hybridized carbons (Fsp3) is 0.0789. The summed E-state index contributed by atoms with van der Waals surface area (Å²) >= 11 is -0.486. The zero-order valence-corrected chi connectivity index (χ0v) is 28.8. The Hall–Kier alpha value is -4.71. The molecular formula is C38H30O6Se2. The van der Waals surface area contributed by atoms with Crippen molar-refractivity contribution in [3.63, 3.8) is 0 Å². The van der Waals surface area contributed by atoms with E-state index in [9.17, 15) is 14.4 Å². The SMILES string of the molecule is COC(=O)c1[se]c(C(=O)OC)c(-c2ccccc2)c1-c1ccccc1.COC(=O)c1[se]cc(-c2ccccc2)c1-c1ccccc1. The Balaban J connectivity index is 0.000000184. The van der Waals surface area contributed by atoms with E-state index in [1.807, 2.05) is 109 Å². The number of carbonyl (C=O) groups excluding carboxylic acids is 3. The maximum atomic E-state index is 12.4. The second-order valence-electron chi connectivity index (χ2n) is 9.80. The third-order valence-electron chi connectivity index (χ3n) is 7.08. The molecule has 6 nitrogen and oxygen atoms in total. The third-order valence-corrected chi connectivity index (χ3v) is 11.5. The van der Waals surface area contributed by atoms with Crippen molar-refractivity contribution in [2.24, 2.45) is 0 Å². The van der Waals surface area contributed by atoms with E-state index in [-0.39, 0.29) is 20.5 Å². The molecule has 2 aromatic heterocycles. The van der Waals surface area contributed by atoms with E-state index in [1.54, 1.807) is 0 Å². The third kappa shape index (κ3) is 7.07. The topological polar surface area (TPSA) is 78.9 Å². The van der Waals surface area contributed by atoms with Gasteiger partial charge in [0.05, 0.1) is 0 Å². The zero-order valence-electron chi connectivity index (χ0n) is 25.4. The predicted molar refractivity (Wildman–Crippen MR) is 183 cm³/mol. The quantitative estimate of drug-likeness (QED) is 0.0959. The number of ether oxygens (including phenoxy) is 3. The molecule has 0 aliphatic heterocycles. The van der Waals surface area contributed by atoms with Gasteiger partial charge in [0.15, 0.2) is 0 Å². The molecule has 46 heavy (non-hydrogen) atoms. The number of hydrogen-bond donors (Lipinski definition) is 0. The molecule has 230 valence electrons. The van der Waals surface area contributed by atoms with E-state index in [1.165, 1.54) is 21.3 Å². The molecule has 0 atom stereocenters. The van der Waals surface area contributed by atoms with Crippen LogP contribution in [0.1, 0.15) is 27.7 Å². The molecule has 0 spiro atoms. The van der Waals surface area contributed by atoms with Gasteiger partial charge in [-0.2, -0.15) is 0 Å². The molecule has 0 radical (unpaired) electrons. The summed E-state index contributed by atoms with van der Waals surface area (Å²) in [7, 11) is 4.15. The van der Waals surface area contributed by atoms with Crippen molar-refractivity contribution in [1.82, 2.24) is 0 Å². The summed E-state index contributed by atoms with van der Waals surface area (Å²) in [5.41, 5.74) is 7.59. The molecule has 6 rings (SSSR count). The summed E-state index contributed by atoms with van der Waals surface area (Å²) in [5, 5.41) is 0.